The van der Waals surface area contributed by atoms with Crippen molar-refractivity contribution in [3.63, 3.8) is 0 Å². The number of rotatable bonds is 2. The Kier molecular flexibility index (Phi) is 2.78. The predicted octanol–water partition coefficient (Wildman–Crippen LogP) is 3.60. The minimum atomic E-state index is 0.750. The van der Waals surface area contributed by atoms with Crippen LogP contribution in [0.25, 0.3) is 16.9 Å². The van der Waals surface area contributed by atoms with Crippen LogP contribution in [0.15, 0.2) is 60.9 Å². The molecule has 18 heavy (non-hydrogen) atoms. The Morgan fingerprint density at radius 2 is 1.72 bits per heavy atom. The van der Waals surface area contributed by atoms with E-state index in [1.165, 1.54) is 0 Å². The molecule has 88 valence electrons. The van der Waals surface area contributed by atoms with Gasteiger partial charge < -0.3 is 0 Å². The number of aromatic nitrogens is 3. The fourth-order valence-corrected chi connectivity index (χ4v) is 2.12. The summed E-state index contributed by atoms with van der Waals surface area (Å²) in [4.78, 5) is 4.00. The monoisotopic (exact) mass is 253 g/mol. The Bertz CT molecular complexity index is 699. The highest BCUT2D eigenvalue weighted by Gasteiger charge is 2.03. The maximum absolute atomic E-state index is 5.37. The topological polar surface area (TPSA) is 33.6 Å². The van der Waals surface area contributed by atoms with Gasteiger partial charge in [0.2, 0.25) is 0 Å². The third-order valence-corrected chi connectivity index (χ3v) is 3.03. The first kappa shape index (κ1) is 10.9. The SMILES string of the molecule is S=c1cc(-c2ccccc2)[nH]n1-c1ccncc1. The van der Waals surface area contributed by atoms with Crippen molar-refractivity contribution in [2.24, 2.45) is 0 Å². The van der Waals surface area contributed by atoms with Gasteiger partial charge in [0, 0.05) is 18.5 Å². The van der Waals surface area contributed by atoms with Crippen LogP contribution in [0.5, 0.6) is 0 Å². The molecule has 2 aromatic heterocycles. The number of benzene rings is 1. The molecule has 2 heterocycles. The van der Waals surface area contributed by atoms with Crippen molar-refractivity contribution in [1.82, 2.24) is 14.8 Å². The van der Waals surface area contributed by atoms with E-state index >= 15 is 0 Å². The van der Waals surface area contributed by atoms with Crippen LogP contribution in [0.2, 0.25) is 0 Å². The molecule has 3 aromatic rings. The Morgan fingerprint density at radius 1 is 1.00 bits per heavy atom. The van der Waals surface area contributed by atoms with Crippen molar-refractivity contribution in [1.29, 1.82) is 0 Å². The predicted molar refractivity (Wildman–Crippen MR) is 74.2 cm³/mol. The number of hydrogen-bond donors (Lipinski definition) is 1. The van der Waals surface area contributed by atoms with Gasteiger partial charge >= 0.3 is 0 Å². The Labute approximate surface area is 110 Å². The summed E-state index contributed by atoms with van der Waals surface area (Å²) in [6, 6.07) is 15.9. The molecule has 0 amide bonds. The number of hydrogen-bond acceptors (Lipinski definition) is 2. The second-order valence-electron chi connectivity index (χ2n) is 3.91. The van der Waals surface area contributed by atoms with E-state index in [0.29, 0.717) is 0 Å². The molecular formula is C14H11N3S. The molecule has 0 aliphatic carbocycles. The fourth-order valence-electron chi connectivity index (χ4n) is 1.85. The van der Waals surface area contributed by atoms with E-state index in [-0.39, 0.29) is 0 Å². The summed E-state index contributed by atoms with van der Waals surface area (Å²) < 4.78 is 2.62. The lowest BCUT2D eigenvalue weighted by atomic mass is 10.2. The molecule has 4 heteroatoms. The summed E-state index contributed by atoms with van der Waals surface area (Å²) in [5.41, 5.74) is 3.12. The van der Waals surface area contributed by atoms with Crippen LogP contribution in [-0.2, 0) is 0 Å². The fraction of sp³-hybridized carbons (Fsp3) is 0. The highest BCUT2D eigenvalue weighted by atomic mass is 32.1. The highest BCUT2D eigenvalue weighted by Crippen LogP contribution is 2.18. The van der Waals surface area contributed by atoms with Crippen LogP contribution >= 0.6 is 12.2 Å². The van der Waals surface area contributed by atoms with Gasteiger partial charge in [-0.3, -0.25) is 10.1 Å². The molecule has 0 atom stereocenters. The first-order valence-corrected chi connectivity index (χ1v) is 6.03. The Hall–Kier alpha value is -2.20. The van der Waals surface area contributed by atoms with Crippen LogP contribution in [0, 0.1) is 4.64 Å². The van der Waals surface area contributed by atoms with Crippen molar-refractivity contribution < 1.29 is 0 Å². The maximum Gasteiger partial charge on any atom is 0.128 e. The molecule has 0 fully saturated rings. The number of nitrogens with one attached hydrogen (secondary N) is 1. The van der Waals surface area contributed by atoms with E-state index in [1.807, 2.05) is 41.1 Å². The molecule has 0 saturated carbocycles. The van der Waals surface area contributed by atoms with Crippen LogP contribution in [0.4, 0.5) is 0 Å². The molecule has 0 spiro atoms. The lowest BCUT2D eigenvalue weighted by Crippen LogP contribution is -1.96. The largest absolute Gasteiger partial charge is 0.292 e. The summed E-state index contributed by atoms with van der Waals surface area (Å²) in [7, 11) is 0. The van der Waals surface area contributed by atoms with Gasteiger partial charge in [0.1, 0.15) is 4.64 Å². The third-order valence-electron chi connectivity index (χ3n) is 2.73. The zero-order valence-corrected chi connectivity index (χ0v) is 10.4. The number of aromatic amines is 1. The van der Waals surface area contributed by atoms with Crippen molar-refractivity contribution in [2.45, 2.75) is 0 Å². The normalized spacial score (nSPS) is 10.4. The van der Waals surface area contributed by atoms with Gasteiger partial charge in [0.25, 0.3) is 0 Å². The summed E-state index contributed by atoms with van der Waals surface area (Å²) in [6.45, 7) is 0. The van der Waals surface area contributed by atoms with E-state index < -0.39 is 0 Å². The maximum atomic E-state index is 5.37. The van der Waals surface area contributed by atoms with E-state index in [1.54, 1.807) is 12.4 Å². The summed E-state index contributed by atoms with van der Waals surface area (Å²) >= 11 is 5.37. The third kappa shape index (κ3) is 1.98. The minimum Gasteiger partial charge on any atom is -0.292 e. The van der Waals surface area contributed by atoms with Crippen molar-refractivity contribution in [3.8, 4) is 16.9 Å². The average molecular weight is 253 g/mol. The van der Waals surface area contributed by atoms with Crippen LogP contribution in [-0.4, -0.2) is 14.8 Å². The van der Waals surface area contributed by atoms with Gasteiger partial charge in [0.15, 0.2) is 0 Å². The van der Waals surface area contributed by atoms with Crippen LogP contribution in [0.1, 0.15) is 0 Å². The van der Waals surface area contributed by atoms with E-state index in [2.05, 4.69) is 22.2 Å². The molecule has 0 bridgehead atoms. The summed E-state index contributed by atoms with van der Waals surface area (Å²) in [5, 5.41) is 3.30. The lowest BCUT2D eigenvalue weighted by Gasteiger charge is -2.02. The molecule has 3 nitrogen and oxygen atoms in total. The molecule has 0 unspecified atom stereocenters. The van der Waals surface area contributed by atoms with Crippen LogP contribution in [0.3, 0.4) is 0 Å². The van der Waals surface area contributed by atoms with Gasteiger partial charge in [-0.25, -0.2) is 4.68 Å². The van der Waals surface area contributed by atoms with Gasteiger partial charge in [-0.15, -0.1) is 0 Å². The van der Waals surface area contributed by atoms with E-state index in [0.717, 1.165) is 21.6 Å². The van der Waals surface area contributed by atoms with Gasteiger partial charge in [-0.05, 0) is 17.7 Å². The second kappa shape index (κ2) is 4.58. The van der Waals surface area contributed by atoms with Crippen molar-refractivity contribution >= 4 is 12.2 Å². The zero-order valence-electron chi connectivity index (χ0n) is 9.58. The summed E-state index contributed by atoms with van der Waals surface area (Å²) in [6.07, 6.45) is 3.50. The molecule has 0 saturated heterocycles. The first-order chi connectivity index (χ1) is 8.84. The molecule has 1 aromatic carbocycles. The van der Waals surface area contributed by atoms with Gasteiger partial charge in [-0.1, -0.05) is 42.5 Å². The molecule has 0 aliphatic heterocycles. The lowest BCUT2D eigenvalue weighted by molar-refractivity contribution is 0.870. The molecular weight excluding hydrogens is 242 g/mol. The molecule has 0 aliphatic rings. The summed E-state index contributed by atoms with van der Waals surface area (Å²) in [5.74, 6) is 0. The van der Waals surface area contributed by atoms with E-state index in [4.69, 9.17) is 12.2 Å². The molecule has 3 rings (SSSR count). The average Bonchev–Trinajstić information content (AvgIpc) is 2.83. The molecule has 0 radical (unpaired) electrons. The van der Waals surface area contributed by atoms with Crippen molar-refractivity contribution in [2.75, 3.05) is 0 Å². The Balaban J connectivity index is 2.10. The smallest absolute Gasteiger partial charge is 0.128 e. The van der Waals surface area contributed by atoms with Gasteiger partial charge in [-0.2, -0.15) is 0 Å². The zero-order chi connectivity index (χ0) is 12.4. The van der Waals surface area contributed by atoms with Crippen molar-refractivity contribution in [3.05, 3.63) is 65.6 Å². The minimum absolute atomic E-state index is 0.750. The number of nitrogens with zero attached hydrogens (tertiary/aromatic N) is 2. The second-order valence-corrected chi connectivity index (χ2v) is 4.33. The number of pyridine rings is 1. The quantitative estimate of drug-likeness (QED) is 0.708. The van der Waals surface area contributed by atoms with E-state index in [9.17, 15) is 0 Å². The molecule has 1 N–H and O–H groups in total. The van der Waals surface area contributed by atoms with Gasteiger partial charge in [0.05, 0.1) is 11.4 Å². The Morgan fingerprint density at radius 3 is 2.44 bits per heavy atom. The standard InChI is InChI=1S/C14H11N3S/c18-14-10-13(11-4-2-1-3-5-11)16-17(14)12-6-8-15-9-7-12/h1-10,16H. The first-order valence-electron chi connectivity index (χ1n) is 5.62. The van der Waals surface area contributed by atoms with Crippen LogP contribution < -0.4 is 0 Å². The highest BCUT2D eigenvalue weighted by molar-refractivity contribution is 7.71. The number of H-pyrrole nitrogens is 1.